The lowest BCUT2D eigenvalue weighted by molar-refractivity contribution is -0.289. The standard InChI is InChI=1S/C29H26F6O4/c1-3-9-21(25(36)37)17-15-19-11-5-7-13-23(19)27(28(30,31)32,29(33,34)35)24-14-8-6-12-20(24)16-18-22(10-4-2)26(38)39/h1-2,5-8,11-14,21-22H,9-10,15-18H2,(H,36,37)(H,38,39). The summed E-state index contributed by atoms with van der Waals surface area (Å²) in [7, 11) is 0. The predicted octanol–water partition coefficient (Wildman–Crippen LogP) is 6.41. The maximum Gasteiger partial charge on any atom is 0.411 e. The number of hydrogen-bond acceptors (Lipinski definition) is 2. The summed E-state index contributed by atoms with van der Waals surface area (Å²) in [5.41, 5.74) is -7.31. The minimum absolute atomic E-state index is 0.244. The molecule has 0 heterocycles. The van der Waals surface area contributed by atoms with Crippen LogP contribution in [-0.2, 0) is 27.8 Å². The van der Waals surface area contributed by atoms with Crippen molar-refractivity contribution in [3.8, 4) is 24.7 Å². The van der Waals surface area contributed by atoms with Gasteiger partial charge >= 0.3 is 24.3 Å². The Morgan fingerprint density at radius 2 is 1.03 bits per heavy atom. The SMILES string of the molecule is C#CCC(CCc1ccccc1C(c1ccccc1CCC(CC#C)C(=O)O)(C(F)(F)F)C(F)(F)F)C(=O)O. The number of aliphatic carboxylic acids is 2. The molecular weight excluding hydrogens is 526 g/mol. The van der Waals surface area contributed by atoms with E-state index >= 15 is 0 Å². The van der Waals surface area contributed by atoms with E-state index in [1.165, 1.54) is 12.1 Å². The van der Waals surface area contributed by atoms with Gasteiger partial charge in [0.25, 0.3) is 0 Å². The van der Waals surface area contributed by atoms with Crippen molar-refractivity contribution in [3.63, 3.8) is 0 Å². The third-order valence-corrected chi connectivity index (χ3v) is 6.64. The van der Waals surface area contributed by atoms with Crippen LogP contribution in [0.4, 0.5) is 26.3 Å². The summed E-state index contributed by atoms with van der Waals surface area (Å²) in [6.07, 6.45) is -3.29. The first kappa shape index (κ1) is 31.3. The first-order valence-electron chi connectivity index (χ1n) is 11.8. The molecule has 0 saturated carbocycles. The van der Waals surface area contributed by atoms with E-state index < -0.39 is 65.5 Å². The molecule has 0 bridgehead atoms. The predicted molar refractivity (Wildman–Crippen MR) is 132 cm³/mol. The molecule has 2 aromatic rings. The van der Waals surface area contributed by atoms with E-state index in [1.54, 1.807) is 0 Å². The molecule has 2 unspecified atom stereocenters. The van der Waals surface area contributed by atoms with Gasteiger partial charge in [-0.25, -0.2) is 0 Å². The number of alkyl halides is 6. The molecule has 208 valence electrons. The van der Waals surface area contributed by atoms with Crippen LogP contribution in [0, 0.1) is 36.5 Å². The van der Waals surface area contributed by atoms with E-state index in [1.807, 2.05) is 0 Å². The molecule has 2 N–H and O–H groups in total. The second kappa shape index (κ2) is 12.8. The van der Waals surface area contributed by atoms with Gasteiger partial charge in [-0.15, -0.1) is 24.7 Å². The molecule has 0 aromatic heterocycles. The Balaban J connectivity index is 2.78. The molecule has 2 aromatic carbocycles. The van der Waals surface area contributed by atoms with E-state index in [-0.39, 0.29) is 36.8 Å². The lowest BCUT2D eigenvalue weighted by Gasteiger charge is -2.40. The molecule has 39 heavy (non-hydrogen) atoms. The van der Waals surface area contributed by atoms with E-state index in [2.05, 4.69) is 11.8 Å². The summed E-state index contributed by atoms with van der Waals surface area (Å²) in [5.74, 6) is -0.631. The number of aryl methyl sites for hydroxylation is 2. The molecule has 4 nitrogen and oxygen atoms in total. The quantitative estimate of drug-likeness (QED) is 0.236. The Bertz CT molecular complexity index is 1150. The largest absolute Gasteiger partial charge is 0.481 e. The minimum atomic E-state index is -5.88. The molecule has 0 spiro atoms. The van der Waals surface area contributed by atoms with Crippen LogP contribution in [0.25, 0.3) is 0 Å². The van der Waals surface area contributed by atoms with E-state index in [9.17, 15) is 46.1 Å². The highest BCUT2D eigenvalue weighted by Gasteiger charge is 2.73. The van der Waals surface area contributed by atoms with Crippen molar-refractivity contribution in [2.24, 2.45) is 11.8 Å². The van der Waals surface area contributed by atoms with Crippen LogP contribution in [0.2, 0.25) is 0 Å². The van der Waals surface area contributed by atoms with Crippen molar-refractivity contribution in [1.29, 1.82) is 0 Å². The number of carboxylic acid groups (broad SMARTS) is 2. The lowest BCUT2D eigenvalue weighted by atomic mass is 9.68. The van der Waals surface area contributed by atoms with E-state index in [4.69, 9.17) is 12.8 Å². The van der Waals surface area contributed by atoms with Gasteiger partial charge in [-0.1, -0.05) is 48.5 Å². The number of halogens is 6. The van der Waals surface area contributed by atoms with Gasteiger partial charge in [0.15, 0.2) is 0 Å². The van der Waals surface area contributed by atoms with Crippen molar-refractivity contribution in [2.45, 2.75) is 56.3 Å². The summed E-state index contributed by atoms with van der Waals surface area (Å²) < 4.78 is 89.6. The second-order valence-corrected chi connectivity index (χ2v) is 9.02. The van der Waals surface area contributed by atoms with Crippen molar-refractivity contribution in [2.75, 3.05) is 0 Å². The fraction of sp³-hybridized carbons (Fsp3) is 0.379. The molecule has 0 radical (unpaired) electrons. The van der Waals surface area contributed by atoms with Crippen LogP contribution in [0.15, 0.2) is 48.5 Å². The van der Waals surface area contributed by atoms with Crippen LogP contribution in [0.1, 0.15) is 47.9 Å². The smallest absolute Gasteiger partial charge is 0.411 e. The molecule has 2 rings (SSSR count). The van der Waals surface area contributed by atoms with Gasteiger partial charge in [0, 0.05) is 12.8 Å². The second-order valence-electron chi connectivity index (χ2n) is 9.02. The Morgan fingerprint density at radius 3 is 1.31 bits per heavy atom. The highest BCUT2D eigenvalue weighted by atomic mass is 19.4. The third-order valence-electron chi connectivity index (χ3n) is 6.64. The summed E-state index contributed by atoms with van der Waals surface area (Å²) in [4.78, 5) is 23.0. The summed E-state index contributed by atoms with van der Waals surface area (Å²) in [5, 5.41) is 18.7. The Labute approximate surface area is 222 Å². The molecule has 10 heteroatoms. The monoisotopic (exact) mass is 552 g/mol. The van der Waals surface area contributed by atoms with Crippen LogP contribution in [0.5, 0.6) is 0 Å². The number of rotatable bonds is 12. The first-order valence-corrected chi connectivity index (χ1v) is 11.8. The molecule has 2 atom stereocenters. The Morgan fingerprint density at radius 1 is 0.692 bits per heavy atom. The zero-order valence-corrected chi connectivity index (χ0v) is 20.6. The number of carbonyl (C=O) groups is 2. The molecule has 0 fully saturated rings. The highest BCUT2D eigenvalue weighted by Crippen LogP contribution is 2.58. The van der Waals surface area contributed by atoms with E-state index in [0.29, 0.717) is 0 Å². The fourth-order valence-corrected chi connectivity index (χ4v) is 4.69. The van der Waals surface area contributed by atoms with E-state index in [0.717, 1.165) is 36.4 Å². The van der Waals surface area contributed by atoms with Gasteiger partial charge < -0.3 is 10.2 Å². The van der Waals surface area contributed by atoms with Crippen LogP contribution < -0.4 is 0 Å². The first-order chi connectivity index (χ1) is 18.2. The third kappa shape index (κ3) is 6.75. The summed E-state index contributed by atoms with van der Waals surface area (Å²) in [6, 6.07) is 8.34. The molecule has 0 aliphatic heterocycles. The zero-order valence-electron chi connectivity index (χ0n) is 20.6. The topological polar surface area (TPSA) is 74.6 Å². The average molecular weight is 553 g/mol. The lowest BCUT2D eigenvalue weighted by Crippen LogP contribution is -2.55. The van der Waals surface area contributed by atoms with Crippen molar-refractivity contribution in [3.05, 3.63) is 70.8 Å². The molecule has 0 saturated heterocycles. The number of carboxylic acids is 2. The maximum atomic E-state index is 14.9. The highest BCUT2D eigenvalue weighted by molar-refractivity contribution is 5.71. The average Bonchev–Trinajstić information content (AvgIpc) is 2.84. The van der Waals surface area contributed by atoms with Crippen molar-refractivity contribution in [1.82, 2.24) is 0 Å². The summed E-state index contributed by atoms with van der Waals surface area (Å²) in [6.45, 7) is 0. The molecule has 0 aliphatic carbocycles. The van der Waals surface area contributed by atoms with Crippen molar-refractivity contribution >= 4 is 11.9 Å². The minimum Gasteiger partial charge on any atom is -0.481 e. The Hall–Kier alpha value is -3.92. The number of terminal acetylenes is 2. The van der Waals surface area contributed by atoms with Gasteiger partial charge in [0.2, 0.25) is 5.41 Å². The van der Waals surface area contributed by atoms with Gasteiger partial charge in [-0.2, -0.15) is 26.3 Å². The normalized spacial score (nSPS) is 13.6. The van der Waals surface area contributed by atoms with Gasteiger partial charge in [-0.3, -0.25) is 9.59 Å². The number of hydrogen-bond donors (Lipinski definition) is 2. The van der Waals surface area contributed by atoms with Crippen molar-refractivity contribution < 1.29 is 46.1 Å². The van der Waals surface area contributed by atoms with Gasteiger partial charge in [0.05, 0.1) is 11.8 Å². The molecular formula is C29H26F6O4. The fourth-order valence-electron chi connectivity index (χ4n) is 4.69. The van der Waals surface area contributed by atoms with Crippen LogP contribution >= 0.6 is 0 Å². The molecule has 0 aliphatic rings. The molecule has 0 amide bonds. The summed E-state index contributed by atoms with van der Waals surface area (Å²) >= 11 is 0. The van der Waals surface area contributed by atoms with Gasteiger partial charge in [0.1, 0.15) is 0 Å². The van der Waals surface area contributed by atoms with Crippen LogP contribution in [-0.4, -0.2) is 34.5 Å². The zero-order chi connectivity index (χ0) is 29.4. The maximum absolute atomic E-state index is 14.9. The Kier molecular flexibility index (Phi) is 10.2. The number of benzene rings is 2. The van der Waals surface area contributed by atoms with Gasteiger partial charge in [-0.05, 0) is 47.9 Å². The van der Waals surface area contributed by atoms with Crippen LogP contribution in [0.3, 0.4) is 0 Å².